The van der Waals surface area contributed by atoms with Crippen molar-refractivity contribution in [3.8, 4) is 5.75 Å². The third kappa shape index (κ3) is 6.29. The molecular formula is C21H25NO5. The van der Waals surface area contributed by atoms with Crippen molar-refractivity contribution in [2.24, 2.45) is 0 Å². The van der Waals surface area contributed by atoms with Crippen LogP contribution in [-0.2, 0) is 24.4 Å². The summed E-state index contributed by atoms with van der Waals surface area (Å²) in [4.78, 5) is 2.12. The Balaban J connectivity index is 1.56. The van der Waals surface area contributed by atoms with E-state index in [4.69, 9.17) is 18.3 Å². The fourth-order valence-corrected chi connectivity index (χ4v) is 2.88. The minimum atomic E-state index is -0.625. The van der Waals surface area contributed by atoms with Gasteiger partial charge in [-0.05, 0) is 42.0 Å². The van der Waals surface area contributed by atoms with Crippen LogP contribution in [0.15, 0.2) is 69.9 Å². The van der Waals surface area contributed by atoms with Crippen LogP contribution in [0.2, 0.25) is 0 Å². The molecule has 0 saturated heterocycles. The van der Waals surface area contributed by atoms with Gasteiger partial charge >= 0.3 is 0 Å². The van der Waals surface area contributed by atoms with Crippen molar-refractivity contribution in [2.45, 2.75) is 25.8 Å². The number of ether oxygens (including phenoxy) is 2. The number of rotatable bonds is 11. The van der Waals surface area contributed by atoms with Crippen molar-refractivity contribution in [1.82, 2.24) is 4.90 Å². The Morgan fingerprint density at radius 3 is 2.48 bits per heavy atom. The second-order valence-corrected chi connectivity index (χ2v) is 6.35. The molecule has 0 aliphatic rings. The maximum Gasteiger partial charge on any atom is 0.129 e. The van der Waals surface area contributed by atoms with Gasteiger partial charge in [-0.3, -0.25) is 4.90 Å². The van der Waals surface area contributed by atoms with E-state index in [-0.39, 0.29) is 6.61 Å². The SMILES string of the molecule is COc1cccc(CN(Cc2ccco2)CC(O)COCc2ccco2)c1. The average Bonchev–Trinajstić information content (AvgIpc) is 3.36. The molecule has 0 fully saturated rings. The number of aliphatic hydroxyl groups is 1. The molecule has 3 rings (SSSR count). The van der Waals surface area contributed by atoms with E-state index in [1.54, 1.807) is 19.6 Å². The fraction of sp³-hybridized carbons (Fsp3) is 0.333. The molecule has 3 aromatic rings. The second-order valence-electron chi connectivity index (χ2n) is 6.35. The largest absolute Gasteiger partial charge is 0.497 e. The van der Waals surface area contributed by atoms with Gasteiger partial charge in [0, 0.05) is 13.1 Å². The van der Waals surface area contributed by atoms with Crippen LogP contribution >= 0.6 is 0 Å². The first kappa shape index (κ1) is 19.2. The van der Waals surface area contributed by atoms with Crippen LogP contribution in [0.4, 0.5) is 0 Å². The predicted octanol–water partition coefficient (Wildman–Crippen LogP) is 3.46. The van der Waals surface area contributed by atoms with Gasteiger partial charge in [0.2, 0.25) is 0 Å². The first-order chi connectivity index (χ1) is 13.2. The van der Waals surface area contributed by atoms with E-state index in [1.165, 1.54) is 0 Å². The minimum absolute atomic E-state index is 0.230. The number of hydrogen-bond acceptors (Lipinski definition) is 6. The van der Waals surface area contributed by atoms with Crippen molar-refractivity contribution in [3.63, 3.8) is 0 Å². The highest BCUT2D eigenvalue weighted by molar-refractivity contribution is 5.28. The third-order valence-corrected chi connectivity index (χ3v) is 4.10. The zero-order chi connectivity index (χ0) is 18.9. The zero-order valence-corrected chi connectivity index (χ0v) is 15.4. The van der Waals surface area contributed by atoms with Gasteiger partial charge in [0.25, 0.3) is 0 Å². The Kier molecular flexibility index (Phi) is 7.10. The van der Waals surface area contributed by atoms with Crippen LogP contribution in [0.1, 0.15) is 17.1 Å². The molecule has 1 aromatic carbocycles. The van der Waals surface area contributed by atoms with Gasteiger partial charge in [-0.25, -0.2) is 0 Å². The molecule has 0 saturated carbocycles. The zero-order valence-electron chi connectivity index (χ0n) is 15.4. The lowest BCUT2D eigenvalue weighted by molar-refractivity contribution is 0.00162. The lowest BCUT2D eigenvalue weighted by atomic mass is 10.2. The molecule has 144 valence electrons. The Morgan fingerprint density at radius 1 is 1.00 bits per heavy atom. The number of aliphatic hydroxyl groups excluding tert-OH is 1. The summed E-state index contributed by atoms with van der Waals surface area (Å²) in [7, 11) is 1.65. The van der Waals surface area contributed by atoms with Crippen molar-refractivity contribution in [2.75, 3.05) is 20.3 Å². The number of methoxy groups -OCH3 is 1. The Hall–Kier alpha value is -2.54. The Morgan fingerprint density at radius 2 is 1.78 bits per heavy atom. The highest BCUT2D eigenvalue weighted by Gasteiger charge is 2.15. The molecule has 1 unspecified atom stereocenters. The first-order valence-electron chi connectivity index (χ1n) is 8.89. The van der Waals surface area contributed by atoms with Gasteiger partial charge < -0.3 is 23.4 Å². The summed E-state index contributed by atoms with van der Waals surface area (Å²) in [5.74, 6) is 2.40. The minimum Gasteiger partial charge on any atom is -0.497 e. The van der Waals surface area contributed by atoms with Crippen LogP contribution in [-0.4, -0.2) is 36.4 Å². The van der Waals surface area contributed by atoms with Gasteiger partial charge in [0.1, 0.15) is 23.9 Å². The molecule has 6 heteroatoms. The van der Waals surface area contributed by atoms with E-state index in [0.717, 1.165) is 22.8 Å². The molecule has 0 bridgehead atoms. The summed E-state index contributed by atoms with van der Waals surface area (Å²) >= 11 is 0. The topological polar surface area (TPSA) is 68.2 Å². The summed E-state index contributed by atoms with van der Waals surface area (Å²) in [5, 5.41) is 10.4. The standard InChI is InChI=1S/C21H25NO5/c1-24-19-6-2-5-17(11-19)12-22(14-20-7-3-9-26-20)13-18(23)15-25-16-21-8-4-10-27-21/h2-11,18,23H,12-16H2,1H3. The van der Waals surface area contributed by atoms with Crippen LogP contribution in [0.5, 0.6) is 5.75 Å². The number of furan rings is 2. The molecule has 2 heterocycles. The molecule has 0 amide bonds. The molecule has 1 N–H and O–H groups in total. The molecule has 1 atom stereocenters. The lowest BCUT2D eigenvalue weighted by Gasteiger charge is -2.24. The maximum atomic E-state index is 10.4. The second kappa shape index (κ2) is 9.97. The Labute approximate surface area is 158 Å². The van der Waals surface area contributed by atoms with E-state index in [1.807, 2.05) is 48.5 Å². The van der Waals surface area contributed by atoms with E-state index >= 15 is 0 Å². The number of hydrogen-bond donors (Lipinski definition) is 1. The molecule has 0 radical (unpaired) electrons. The summed E-state index contributed by atoms with van der Waals surface area (Å²) in [6, 6.07) is 15.4. The molecular weight excluding hydrogens is 346 g/mol. The van der Waals surface area contributed by atoms with Gasteiger partial charge in [0.05, 0.1) is 38.9 Å². The summed E-state index contributed by atoms with van der Waals surface area (Å²) < 4.78 is 21.5. The molecule has 0 aliphatic carbocycles. The molecule has 0 spiro atoms. The smallest absolute Gasteiger partial charge is 0.129 e. The quantitative estimate of drug-likeness (QED) is 0.557. The van der Waals surface area contributed by atoms with Gasteiger partial charge in [-0.2, -0.15) is 0 Å². The Bertz CT molecular complexity index is 770. The molecule has 6 nitrogen and oxygen atoms in total. The van der Waals surface area contributed by atoms with Gasteiger partial charge in [0.15, 0.2) is 0 Å². The molecule has 2 aromatic heterocycles. The van der Waals surface area contributed by atoms with Crippen molar-refractivity contribution >= 4 is 0 Å². The van der Waals surface area contributed by atoms with E-state index in [0.29, 0.717) is 26.2 Å². The fourth-order valence-electron chi connectivity index (χ4n) is 2.88. The normalized spacial score (nSPS) is 12.4. The number of nitrogens with zero attached hydrogens (tertiary/aromatic N) is 1. The molecule has 27 heavy (non-hydrogen) atoms. The average molecular weight is 371 g/mol. The summed E-state index contributed by atoms with van der Waals surface area (Å²) in [6.07, 6.45) is 2.64. The first-order valence-corrected chi connectivity index (χ1v) is 8.89. The van der Waals surface area contributed by atoms with Crippen LogP contribution in [0.3, 0.4) is 0 Å². The van der Waals surface area contributed by atoms with Gasteiger partial charge in [-0.15, -0.1) is 0 Å². The summed E-state index contributed by atoms with van der Waals surface area (Å²) in [6.45, 7) is 2.29. The highest BCUT2D eigenvalue weighted by Crippen LogP contribution is 2.16. The van der Waals surface area contributed by atoms with E-state index in [9.17, 15) is 5.11 Å². The monoisotopic (exact) mass is 371 g/mol. The van der Waals surface area contributed by atoms with E-state index in [2.05, 4.69) is 4.90 Å². The maximum absolute atomic E-state index is 10.4. The van der Waals surface area contributed by atoms with Crippen LogP contribution < -0.4 is 4.74 Å². The van der Waals surface area contributed by atoms with E-state index < -0.39 is 6.10 Å². The summed E-state index contributed by atoms with van der Waals surface area (Å²) in [5.41, 5.74) is 1.10. The van der Waals surface area contributed by atoms with Gasteiger partial charge in [-0.1, -0.05) is 12.1 Å². The highest BCUT2D eigenvalue weighted by atomic mass is 16.5. The van der Waals surface area contributed by atoms with Crippen LogP contribution in [0, 0.1) is 0 Å². The number of benzene rings is 1. The van der Waals surface area contributed by atoms with Crippen molar-refractivity contribution in [3.05, 3.63) is 78.1 Å². The van der Waals surface area contributed by atoms with Crippen molar-refractivity contribution in [1.29, 1.82) is 0 Å². The van der Waals surface area contributed by atoms with Crippen molar-refractivity contribution < 1.29 is 23.4 Å². The molecule has 0 aliphatic heterocycles. The third-order valence-electron chi connectivity index (χ3n) is 4.10. The predicted molar refractivity (Wildman–Crippen MR) is 100 cm³/mol. The van der Waals surface area contributed by atoms with Crippen LogP contribution in [0.25, 0.3) is 0 Å². The lowest BCUT2D eigenvalue weighted by Crippen LogP contribution is -2.34.